The zero-order valence-electron chi connectivity index (χ0n) is 14.6. The number of hydrogen-bond donors (Lipinski definition) is 1. The summed E-state index contributed by atoms with van der Waals surface area (Å²) in [5.74, 6) is 0.718. The zero-order chi connectivity index (χ0) is 18.3. The molecule has 0 aliphatic heterocycles. The van der Waals surface area contributed by atoms with Gasteiger partial charge in [0.15, 0.2) is 0 Å². The molecule has 1 N–H and O–H groups in total. The first kappa shape index (κ1) is 16.7. The highest BCUT2D eigenvalue weighted by atomic mass is 32.2. The minimum Gasteiger partial charge on any atom is -0.497 e. The van der Waals surface area contributed by atoms with E-state index in [1.807, 2.05) is 24.3 Å². The van der Waals surface area contributed by atoms with Crippen molar-refractivity contribution in [2.24, 2.45) is 0 Å². The second kappa shape index (κ2) is 6.21. The molecule has 6 heteroatoms. The molecule has 1 aliphatic rings. The highest BCUT2D eigenvalue weighted by Crippen LogP contribution is 2.37. The number of methoxy groups -OCH3 is 2. The van der Waals surface area contributed by atoms with Crippen molar-refractivity contribution < 1.29 is 17.9 Å². The first-order valence-corrected chi connectivity index (χ1v) is 9.80. The molecule has 0 saturated carbocycles. The molecule has 3 aromatic carbocycles. The quantitative estimate of drug-likeness (QED) is 0.744. The number of nitrogens with one attached hydrogen (secondary N) is 1. The Morgan fingerprint density at radius 2 is 1.69 bits per heavy atom. The van der Waals surface area contributed by atoms with E-state index in [1.54, 1.807) is 12.1 Å². The molecule has 0 unspecified atom stereocenters. The monoisotopic (exact) mass is 369 g/mol. The average molecular weight is 369 g/mol. The molecule has 134 valence electrons. The Hall–Kier alpha value is -2.73. The van der Waals surface area contributed by atoms with Crippen LogP contribution in [0.2, 0.25) is 0 Å². The van der Waals surface area contributed by atoms with Gasteiger partial charge in [-0.15, -0.1) is 0 Å². The van der Waals surface area contributed by atoms with E-state index in [-0.39, 0.29) is 10.6 Å². The van der Waals surface area contributed by atoms with Gasteiger partial charge < -0.3 is 9.47 Å². The lowest BCUT2D eigenvalue weighted by Gasteiger charge is -2.15. The molecule has 0 radical (unpaired) electrons. The molecular formula is C20H19NO4S. The SMILES string of the molecule is COc1ccc(OC)c(S(=O)(=O)Nc2ccc3c4c(cccc24)CC3)c1. The van der Waals surface area contributed by atoms with Crippen molar-refractivity contribution >= 4 is 26.5 Å². The second-order valence-corrected chi connectivity index (χ2v) is 7.89. The van der Waals surface area contributed by atoms with E-state index in [4.69, 9.17) is 9.47 Å². The molecular weight excluding hydrogens is 350 g/mol. The third-order valence-electron chi connectivity index (χ3n) is 4.78. The number of sulfonamides is 1. The topological polar surface area (TPSA) is 64.6 Å². The van der Waals surface area contributed by atoms with Crippen LogP contribution in [0.25, 0.3) is 10.8 Å². The van der Waals surface area contributed by atoms with Gasteiger partial charge in [0.1, 0.15) is 16.4 Å². The summed E-state index contributed by atoms with van der Waals surface area (Å²) >= 11 is 0. The number of benzene rings is 3. The molecule has 0 bridgehead atoms. The average Bonchev–Trinajstić information content (AvgIpc) is 3.08. The van der Waals surface area contributed by atoms with Crippen LogP contribution in [0.15, 0.2) is 53.4 Å². The van der Waals surface area contributed by atoms with Crippen molar-refractivity contribution in [2.75, 3.05) is 18.9 Å². The number of ether oxygens (including phenoxy) is 2. The van der Waals surface area contributed by atoms with Gasteiger partial charge in [-0.05, 0) is 47.6 Å². The first-order chi connectivity index (χ1) is 12.5. The van der Waals surface area contributed by atoms with Crippen molar-refractivity contribution in [3.8, 4) is 11.5 Å². The Balaban J connectivity index is 1.82. The summed E-state index contributed by atoms with van der Waals surface area (Å²) in [6, 6.07) is 14.6. The molecule has 0 spiro atoms. The maximum atomic E-state index is 13.0. The fraction of sp³-hybridized carbons (Fsp3) is 0.200. The standard InChI is InChI=1S/C20H19NO4S/c1-24-15-9-11-18(25-2)19(12-15)26(22,23)21-17-10-8-14-7-6-13-4-3-5-16(17)20(13)14/h3-5,8-12,21H,6-7H2,1-2H3. The van der Waals surface area contributed by atoms with E-state index in [2.05, 4.69) is 10.8 Å². The molecule has 0 saturated heterocycles. The smallest absolute Gasteiger partial charge is 0.265 e. The van der Waals surface area contributed by atoms with Crippen molar-refractivity contribution in [3.63, 3.8) is 0 Å². The minimum absolute atomic E-state index is 0.0441. The molecule has 0 amide bonds. The molecule has 0 atom stereocenters. The molecule has 1 aliphatic carbocycles. The Kier molecular flexibility index (Phi) is 4.00. The molecule has 3 aromatic rings. The molecule has 0 aromatic heterocycles. The van der Waals surface area contributed by atoms with Gasteiger partial charge in [-0.2, -0.15) is 0 Å². The Morgan fingerprint density at radius 1 is 0.923 bits per heavy atom. The van der Waals surface area contributed by atoms with Gasteiger partial charge in [0.25, 0.3) is 10.0 Å². The highest BCUT2D eigenvalue weighted by molar-refractivity contribution is 7.92. The van der Waals surface area contributed by atoms with Crippen molar-refractivity contribution in [1.29, 1.82) is 0 Å². The van der Waals surface area contributed by atoms with Crippen LogP contribution in [0.4, 0.5) is 5.69 Å². The maximum Gasteiger partial charge on any atom is 0.265 e. The summed E-state index contributed by atoms with van der Waals surface area (Å²) in [5.41, 5.74) is 3.09. The summed E-state index contributed by atoms with van der Waals surface area (Å²) in [6.07, 6.45) is 1.99. The highest BCUT2D eigenvalue weighted by Gasteiger charge is 2.23. The van der Waals surface area contributed by atoms with Gasteiger partial charge in [0.2, 0.25) is 0 Å². The largest absolute Gasteiger partial charge is 0.497 e. The minimum atomic E-state index is -3.84. The Morgan fingerprint density at radius 3 is 2.42 bits per heavy atom. The van der Waals surface area contributed by atoms with Crippen molar-refractivity contribution in [1.82, 2.24) is 0 Å². The van der Waals surface area contributed by atoms with Crippen LogP contribution in [0.5, 0.6) is 11.5 Å². The lowest BCUT2D eigenvalue weighted by atomic mass is 10.0. The lowest BCUT2D eigenvalue weighted by Crippen LogP contribution is -2.14. The number of aryl methyl sites for hydroxylation is 2. The van der Waals surface area contributed by atoms with E-state index in [1.165, 1.54) is 31.4 Å². The second-order valence-electron chi connectivity index (χ2n) is 6.23. The maximum absolute atomic E-state index is 13.0. The Labute approximate surface area is 152 Å². The van der Waals surface area contributed by atoms with Crippen LogP contribution < -0.4 is 14.2 Å². The van der Waals surface area contributed by atoms with Crippen LogP contribution in [0.3, 0.4) is 0 Å². The first-order valence-electron chi connectivity index (χ1n) is 8.32. The molecule has 0 fully saturated rings. The summed E-state index contributed by atoms with van der Waals surface area (Å²) < 4.78 is 39.2. The zero-order valence-corrected chi connectivity index (χ0v) is 15.4. The third-order valence-corrected chi connectivity index (χ3v) is 6.17. The van der Waals surface area contributed by atoms with Crippen LogP contribution in [-0.2, 0) is 22.9 Å². The van der Waals surface area contributed by atoms with Gasteiger partial charge in [0.05, 0.1) is 19.9 Å². The predicted molar refractivity (Wildman–Crippen MR) is 102 cm³/mol. The van der Waals surface area contributed by atoms with Crippen LogP contribution in [0, 0.1) is 0 Å². The molecule has 5 nitrogen and oxygen atoms in total. The van der Waals surface area contributed by atoms with Gasteiger partial charge in [-0.25, -0.2) is 8.42 Å². The summed E-state index contributed by atoms with van der Waals surface area (Å²) in [6.45, 7) is 0. The van der Waals surface area contributed by atoms with Crippen molar-refractivity contribution in [3.05, 3.63) is 59.7 Å². The summed E-state index contributed by atoms with van der Waals surface area (Å²) in [5, 5.41) is 2.08. The van der Waals surface area contributed by atoms with E-state index in [0.29, 0.717) is 11.4 Å². The summed E-state index contributed by atoms with van der Waals surface area (Å²) in [7, 11) is -0.901. The number of rotatable bonds is 5. The van der Waals surface area contributed by atoms with Gasteiger partial charge in [-0.1, -0.05) is 24.3 Å². The van der Waals surface area contributed by atoms with Crippen LogP contribution in [0.1, 0.15) is 11.1 Å². The third kappa shape index (κ3) is 2.66. The van der Waals surface area contributed by atoms with Gasteiger partial charge >= 0.3 is 0 Å². The lowest BCUT2D eigenvalue weighted by molar-refractivity contribution is 0.392. The molecule has 26 heavy (non-hydrogen) atoms. The normalized spacial score (nSPS) is 13.0. The van der Waals surface area contributed by atoms with E-state index in [0.717, 1.165) is 23.6 Å². The molecule has 0 heterocycles. The van der Waals surface area contributed by atoms with Crippen LogP contribution >= 0.6 is 0 Å². The van der Waals surface area contributed by atoms with E-state index in [9.17, 15) is 8.42 Å². The van der Waals surface area contributed by atoms with Gasteiger partial charge in [-0.3, -0.25) is 4.72 Å². The van der Waals surface area contributed by atoms with Crippen LogP contribution in [-0.4, -0.2) is 22.6 Å². The molecule has 4 rings (SSSR count). The fourth-order valence-corrected chi connectivity index (χ4v) is 4.79. The van der Waals surface area contributed by atoms with Crippen molar-refractivity contribution in [2.45, 2.75) is 17.7 Å². The number of anilines is 1. The van der Waals surface area contributed by atoms with Gasteiger partial charge in [0, 0.05) is 11.5 Å². The predicted octanol–water partition coefficient (Wildman–Crippen LogP) is 3.76. The number of hydrogen-bond acceptors (Lipinski definition) is 4. The summed E-state index contributed by atoms with van der Waals surface area (Å²) in [4.78, 5) is 0.0441. The van der Waals surface area contributed by atoms with E-state index < -0.39 is 10.0 Å². The Bertz CT molecular complexity index is 1100. The fourth-order valence-electron chi connectivity index (χ4n) is 3.53. The van der Waals surface area contributed by atoms with E-state index >= 15 is 0 Å².